The number of carbonyl (C=O) groups is 1. The van der Waals surface area contributed by atoms with Gasteiger partial charge in [-0.25, -0.2) is 0 Å². The van der Waals surface area contributed by atoms with Crippen LogP contribution in [0.2, 0.25) is 0 Å². The summed E-state index contributed by atoms with van der Waals surface area (Å²) in [5.41, 5.74) is 4.63. The number of nitrogens with zero attached hydrogens (tertiary/aromatic N) is 1. The molecular formula is C24H25NO3. The molecule has 144 valence electrons. The summed E-state index contributed by atoms with van der Waals surface area (Å²) in [5, 5.41) is 10.3. The monoisotopic (exact) mass is 375 g/mol. The van der Waals surface area contributed by atoms with E-state index >= 15 is 0 Å². The van der Waals surface area contributed by atoms with Crippen LogP contribution in [-0.4, -0.2) is 42.2 Å². The molecule has 0 saturated carbocycles. The molecule has 4 heteroatoms. The molecule has 2 heterocycles. The fourth-order valence-electron chi connectivity index (χ4n) is 4.63. The highest BCUT2D eigenvalue weighted by Gasteiger charge is 2.40. The largest absolute Gasteiger partial charge is 0.380 e. The zero-order chi connectivity index (χ0) is 19.3. The Labute approximate surface area is 165 Å². The van der Waals surface area contributed by atoms with Gasteiger partial charge in [0.25, 0.3) is 5.91 Å². The van der Waals surface area contributed by atoms with Crippen molar-refractivity contribution in [2.45, 2.75) is 18.9 Å². The molecule has 0 radical (unpaired) electrons. The summed E-state index contributed by atoms with van der Waals surface area (Å²) in [5.74, 6) is 1.06. The van der Waals surface area contributed by atoms with E-state index in [1.54, 1.807) is 0 Å². The topological polar surface area (TPSA) is 49.8 Å². The van der Waals surface area contributed by atoms with Crippen molar-refractivity contribution in [1.29, 1.82) is 0 Å². The first-order valence-corrected chi connectivity index (χ1v) is 9.99. The molecule has 2 aromatic rings. The Bertz CT molecular complexity index is 925. The first-order valence-electron chi connectivity index (χ1n) is 9.99. The molecule has 0 bridgehead atoms. The van der Waals surface area contributed by atoms with Gasteiger partial charge in [-0.1, -0.05) is 48.0 Å². The fraction of sp³-hybridized carbons (Fsp3) is 0.375. The number of rotatable bonds is 3. The minimum absolute atomic E-state index is 0.0862. The van der Waals surface area contributed by atoms with Crippen molar-refractivity contribution in [1.82, 2.24) is 4.90 Å². The van der Waals surface area contributed by atoms with Crippen LogP contribution in [0.4, 0.5) is 0 Å². The Morgan fingerprint density at radius 2 is 1.79 bits per heavy atom. The van der Waals surface area contributed by atoms with Crippen molar-refractivity contribution in [2.75, 3.05) is 26.3 Å². The predicted octanol–water partition coefficient (Wildman–Crippen LogP) is 3.39. The number of allylic oxidation sites excluding steroid dienone is 1. The van der Waals surface area contributed by atoms with Crippen LogP contribution in [0.3, 0.4) is 0 Å². The zero-order valence-corrected chi connectivity index (χ0v) is 16.1. The van der Waals surface area contributed by atoms with E-state index in [0.29, 0.717) is 30.6 Å². The highest BCUT2D eigenvalue weighted by atomic mass is 16.5. The smallest absolute Gasteiger partial charge is 0.253 e. The van der Waals surface area contributed by atoms with Gasteiger partial charge in [0.15, 0.2) is 0 Å². The third-order valence-electron chi connectivity index (χ3n) is 6.45. The van der Waals surface area contributed by atoms with Crippen molar-refractivity contribution < 1.29 is 14.6 Å². The molecular weight excluding hydrogens is 350 g/mol. The van der Waals surface area contributed by atoms with Gasteiger partial charge in [-0.15, -0.1) is 0 Å². The average molecular weight is 375 g/mol. The molecule has 28 heavy (non-hydrogen) atoms. The van der Waals surface area contributed by atoms with E-state index in [9.17, 15) is 9.90 Å². The number of benzene rings is 2. The van der Waals surface area contributed by atoms with Crippen molar-refractivity contribution >= 4 is 11.5 Å². The van der Waals surface area contributed by atoms with Gasteiger partial charge in [-0.3, -0.25) is 4.79 Å². The number of hydrogen-bond acceptors (Lipinski definition) is 3. The Hall–Kier alpha value is -2.43. The van der Waals surface area contributed by atoms with Crippen LogP contribution in [0.5, 0.6) is 0 Å². The third-order valence-corrected chi connectivity index (χ3v) is 6.45. The molecule has 1 N–H and O–H groups in total. The Kier molecular flexibility index (Phi) is 4.14. The second-order valence-corrected chi connectivity index (χ2v) is 8.50. The van der Waals surface area contributed by atoms with Crippen molar-refractivity contribution in [2.24, 2.45) is 11.8 Å². The Morgan fingerprint density at radius 3 is 2.39 bits per heavy atom. The number of hydrogen-bond donors (Lipinski definition) is 1. The summed E-state index contributed by atoms with van der Waals surface area (Å²) in [6.07, 6.45) is 3.42. The Balaban J connectivity index is 1.27. The van der Waals surface area contributed by atoms with Gasteiger partial charge in [-0.05, 0) is 54.0 Å². The number of likely N-dealkylation sites (tertiary alicyclic amines) is 1. The molecule has 4 nitrogen and oxygen atoms in total. The van der Waals surface area contributed by atoms with Crippen molar-refractivity contribution in [3.63, 3.8) is 0 Å². The number of amides is 1. The van der Waals surface area contributed by atoms with E-state index in [4.69, 9.17) is 4.74 Å². The second-order valence-electron chi connectivity index (χ2n) is 8.50. The van der Waals surface area contributed by atoms with Gasteiger partial charge in [0.1, 0.15) is 5.60 Å². The minimum atomic E-state index is -0.885. The first kappa shape index (κ1) is 17.7. The summed E-state index contributed by atoms with van der Waals surface area (Å²) in [4.78, 5) is 14.9. The summed E-state index contributed by atoms with van der Waals surface area (Å²) in [7, 11) is 0. The van der Waals surface area contributed by atoms with Crippen LogP contribution < -0.4 is 0 Å². The van der Waals surface area contributed by atoms with Crippen LogP contribution in [-0.2, 0) is 10.3 Å². The molecule has 1 amide bonds. The predicted molar refractivity (Wildman–Crippen MR) is 108 cm³/mol. The van der Waals surface area contributed by atoms with Crippen LogP contribution >= 0.6 is 0 Å². The fourth-order valence-corrected chi connectivity index (χ4v) is 4.63. The van der Waals surface area contributed by atoms with Gasteiger partial charge in [-0.2, -0.15) is 0 Å². The number of fused-ring (bicyclic) bond motifs is 1. The lowest BCUT2D eigenvalue weighted by atomic mass is 9.91. The standard InChI is InChI=1S/C24H25NO3/c1-16-2-4-17(5-3-16)19-10-20-12-25(13-21(20)11-19)23(26)18-6-8-22(9-7-18)24(27)14-28-15-24/h2-10,20-21,27H,11-15H2,1H3. The SMILES string of the molecule is Cc1ccc(C2=CC3CN(C(=O)c4ccc(C5(O)COC5)cc4)CC3C2)cc1. The first-order chi connectivity index (χ1) is 13.5. The summed E-state index contributed by atoms with van der Waals surface area (Å²) < 4.78 is 5.11. The summed E-state index contributed by atoms with van der Waals surface area (Å²) >= 11 is 0. The Morgan fingerprint density at radius 1 is 1.07 bits per heavy atom. The maximum absolute atomic E-state index is 12.9. The van der Waals surface area contributed by atoms with Gasteiger partial charge >= 0.3 is 0 Å². The summed E-state index contributed by atoms with van der Waals surface area (Å²) in [6.45, 7) is 4.36. The molecule has 2 atom stereocenters. The zero-order valence-electron chi connectivity index (χ0n) is 16.1. The van der Waals surface area contributed by atoms with E-state index < -0.39 is 5.60 Å². The molecule has 0 spiro atoms. The number of ether oxygens (including phenoxy) is 1. The normalized spacial score (nSPS) is 25.2. The average Bonchev–Trinajstić information content (AvgIpc) is 3.25. The van der Waals surface area contributed by atoms with Crippen LogP contribution in [0.15, 0.2) is 54.6 Å². The van der Waals surface area contributed by atoms with Gasteiger partial charge in [0.2, 0.25) is 0 Å². The maximum Gasteiger partial charge on any atom is 0.253 e. The second kappa shape index (κ2) is 6.57. The van der Waals surface area contributed by atoms with Crippen LogP contribution in [0.25, 0.3) is 5.57 Å². The van der Waals surface area contributed by atoms with E-state index in [1.807, 2.05) is 29.2 Å². The molecule has 2 unspecified atom stereocenters. The number of aliphatic hydroxyl groups is 1. The molecule has 2 aromatic carbocycles. The van der Waals surface area contributed by atoms with E-state index in [0.717, 1.165) is 25.1 Å². The van der Waals surface area contributed by atoms with E-state index in [1.165, 1.54) is 16.7 Å². The van der Waals surface area contributed by atoms with Gasteiger partial charge in [0.05, 0.1) is 13.2 Å². The molecule has 3 aliphatic rings. The molecule has 2 fully saturated rings. The van der Waals surface area contributed by atoms with Gasteiger partial charge in [0, 0.05) is 18.7 Å². The van der Waals surface area contributed by atoms with Crippen molar-refractivity contribution in [3.05, 3.63) is 76.9 Å². The highest BCUT2D eigenvalue weighted by molar-refractivity contribution is 5.94. The van der Waals surface area contributed by atoms with Crippen LogP contribution in [0, 0.1) is 18.8 Å². The minimum Gasteiger partial charge on any atom is -0.380 e. The van der Waals surface area contributed by atoms with Crippen molar-refractivity contribution in [3.8, 4) is 0 Å². The molecule has 1 aliphatic carbocycles. The number of aryl methyl sites for hydroxylation is 1. The lowest BCUT2D eigenvalue weighted by molar-refractivity contribution is -0.184. The molecule has 2 aliphatic heterocycles. The lowest BCUT2D eigenvalue weighted by Gasteiger charge is -2.36. The van der Waals surface area contributed by atoms with E-state index in [2.05, 4.69) is 37.3 Å². The van der Waals surface area contributed by atoms with Gasteiger partial charge < -0.3 is 14.7 Å². The summed E-state index contributed by atoms with van der Waals surface area (Å²) in [6, 6.07) is 16.1. The molecule has 5 rings (SSSR count). The quantitative estimate of drug-likeness (QED) is 0.895. The molecule has 0 aromatic heterocycles. The van der Waals surface area contributed by atoms with E-state index in [-0.39, 0.29) is 5.91 Å². The maximum atomic E-state index is 12.9. The van der Waals surface area contributed by atoms with Crippen LogP contribution in [0.1, 0.15) is 33.5 Å². The third kappa shape index (κ3) is 2.97. The lowest BCUT2D eigenvalue weighted by Crippen LogP contribution is -2.46. The molecule has 2 saturated heterocycles. The number of carbonyl (C=O) groups excluding carboxylic acids is 1. The highest BCUT2D eigenvalue weighted by Crippen LogP contribution is 2.41.